The molecule has 2 amide bonds. The highest BCUT2D eigenvalue weighted by atomic mass is 16.5. The average Bonchev–Trinajstić information content (AvgIpc) is 3.08. The van der Waals surface area contributed by atoms with Crippen molar-refractivity contribution in [1.82, 2.24) is 4.90 Å². The van der Waals surface area contributed by atoms with E-state index in [0.717, 1.165) is 0 Å². The predicted molar refractivity (Wildman–Crippen MR) is 128 cm³/mol. The second-order valence-electron chi connectivity index (χ2n) is 7.35. The number of amides is 2. The van der Waals surface area contributed by atoms with Crippen molar-refractivity contribution in [3.63, 3.8) is 0 Å². The number of hydrogen-bond acceptors (Lipinski definition) is 6. The van der Waals surface area contributed by atoms with E-state index in [9.17, 15) is 14.4 Å². The van der Waals surface area contributed by atoms with Crippen molar-refractivity contribution in [3.8, 4) is 11.5 Å². The van der Waals surface area contributed by atoms with Gasteiger partial charge in [-0.25, -0.2) is 4.79 Å². The van der Waals surface area contributed by atoms with Crippen LogP contribution in [0, 0.1) is 0 Å². The van der Waals surface area contributed by atoms with Gasteiger partial charge in [-0.2, -0.15) is 0 Å². The van der Waals surface area contributed by atoms with E-state index in [2.05, 4.69) is 11.9 Å². The summed E-state index contributed by atoms with van der Waals surface area (Å²) in [4.78, 5) is 38.8. The van der Waals surface area contributed by atoms with Crippen LogP contribution >= 0.6 is 0 Å². The maximum absolute atomic E-state index is 12.9. The molecule has 0 aromatic heterocycles. The minimum atomic E-state index is -0.577. The zero-order valence-corrected chi connectivity index (χ0v) is 19.3. The van der Waals surface area contributed by atoms with Gasteiger partial charge in [-0.3, -0.25) is 9.59 Å². The lowest BCUT2D eigenvalue weighted by molar-refractivity contribution is -0.136. The molecule has 0 spiro atoms. The van der Waals surface area contributed by atoms with Crippen molar-refractivity contribution in [1.29, 1.82) is 0 Å². The number of rotatable bonds is 9. The average molecular weight is 463 g/mol. The zero-order valence-electron chi connectivity index (χ0n) is 19.3. The van der Waals surface area contributed by atoms with Gasteiger partial charge in [-0.05, 0) is 55.0 Å². The Labute approximate surface area is 198 Å². The van der Waals surface area contributed by atoms with Crippen LogP contribution < -0.4 is 14.8 Å². The molecule has 0 bridgehead atoms. The molecular weight excluding hydrogens is 436 g/mol. The minimum Gasteiger partial charge on any atom is -0.497 e. The summed E-state index contributed by atoms with van der Waals surface area (Å²) in [6, 6.07) is 13.8. The topological polar surface area (TPSA) is 94.2 Å². The number of hydrogen-bond donors (Lipinski definition) is 1. The lowest BCUT2D eigenvalue weighted by Gasteiger charge is -2.14. The number of carbonyl (C=O) groups is 3. The largest absolute Gasteiger partial charge is 0.497 e. The van der Waals surface area contributed by atoms with Crippen LogP contribution in [0.2, 0.25) is 0 Å². The Morgan fingerprint density at radius 3 is 2.26 bits per heavy atom. The molecule has 1 N–H and O–H groups in total. The number of carbonyl (C=O) groups excluding carboxylic acids is 3. The molecule has 2 aromatic rings. The van der Waals surface area contributed by atoms with E-state index in [-0.39, 0.29) is 36.1 Å². The Hall–Kier alpha value is -4.33. The van der Waals surface area contributed by atoms with Gasteiger partial charge in [0.1, 0.15) is 11.5 Å². The van der Waals surface area contributed by atoms with E-state index in [1.807, 2.05) is 0 Å². The zero-order chi connectivity index (χ0) is 24.7. The first kappa shape index (κ1) is 24.3. The number of nitrogens with one attached hydrogen (secondary N) is 1. The summed E-state index contributed by atoms with van der Waals surface area (Å²) in [5, 5.41) is 2.74. The molecule has 0 unspecified atom stereocenters. The highest BCUT2D eigenvalue weighted by molar-refractivity contribution is 6.16. The number of nitrogens with zero attached hydrogens (tertiary/aromatic N) is 1. The van der Waals surface area contributed by atoms with Gasteiger partial charge in [0.05, 0.1) is 25.4 Å². The van der Waals surface area contributed by atoms with Crippen LogP contribution in [0.1, 0.15) is 12.5 Å². The molecule has 2 aromatic carbocycles. The molecule has 1 aliphatic rings. The molecule has 0 saturated heterocycles. The summed E-state index contributed by atoms with van der Waals surface area (Å²) in [5.74, 6) is -0.00210. The molecule has 176 valence electrons. The summed E-state index contributed by atoms with van der Waals surface area (Å²) in [6.45, 7) is 5.47. The summed E-state index contributed by atoms with van der Waals surface area (Å²) in [5.41, 5.74) is 2.32. The highest BCUT2D eigenvalue weighted by Gasteiger charge is 2.36. The van der Waals surface area contributed by atoms with Crippen molar-refractivity contribution in [2.24, 2.45) is 0 Å². The van der Waals surface area contributed by atoms with Crippen LogP contribution in [-0.4, -0.2) is 50.1 Å². The fourth-order valence-corrected chi connectivity index (χ4v) is 3.42. The summed E-state index contributed by atoms with van der Waals surface area (Å²) >= 11 is 0. The maximum Gasteiger partial charge on any atom is 0.340 e. The van der Waals surface area contributed by atoms with Gasteiger partial charge >= 0.3 is 5.97 Å². The number of methoxy groups -OCH3 is 2. The van der Waals surface area contributed by atoms with E-state index in [0.29, 0.717) is 28.4 Å². The van der Waals surface area contributed by atoms with Crippen LogP contribution in [0.5, 0.6) is 11.5 Å². The number of ether oxygens (including phenoxy) is 3. The first-order valence-corrected chi connectivity index (χ1v) is 10.5. The van der Waals surface area contributed by atoms with Crippen LogP contribution in [0.25, 0.3) is 6.08 Å². The fraction of sp³-hybridized carbons (Fsp3) is 0.192. The highest BCUT2D eigenvalue weighted by Crippen LogP contribution is 2.31. The van der Waals surface area contributed by atoms with Crippen molar-refractivity contribution < 1.29 is 28.6 Å². The molecule has 1 heterocycles. The van der Waals surface area contributed by atoms with Gasteiger partial charge in [0.15, 0.2) is 6.61 Å². The number of benzene rings is 2. The van der Waals surface area contributed by atoms with Crippen molar-refractivity contribution in [2.45, 2.75) is 6.92 Å². The van der Waals surface area contributed by atoms with Crippen LogP contribution in [0.4, 0.5) is 5.69 Å². The van der Waals surface area contributed by atoms with Gasteiger partial charge in [-0.1, -0.05) is 18.2 Å². The molecule has 3 rings (SSSR count). The lowest BCUT2D eigenvalue weighted by Crippen LogP contribution is -2.24. The third-order valence-corrected chi connectivity index (χ3v) is 5.15. The molecular formula is C26H26N2O6. The number of anilines is 1. The van der Waals surface area contributed by atoms with Crippen LogP contribution in [0.15, 0.2) is 78.0 Å². The van der Waals surface area contributed by atoms with Crippen molar-refractivity contribution in [3.05, 3.63) is 83.6 Å². The molecule has 1 aliphatic heterocycles. The second-order valence-corrected chi connectivity index (χ2v) is 7.35. The van der Waals surface area contributed by atoms with Gasteiger partial charge in [-0.15, -0.1) is 6.58 Å². The van der Waals surface area contributed by atoms with Crippen LogP contribution in [0.3, 0.4) is 0 Å². The van der Waals surface area contributed by atoms with Crippen molar-refractivity contribution in [2.75, 3.05) is 32.7 Å². The van der Waals surface area contributed by atoms with Gasteiger partial charge < -0.3 is 24.4 Å². The second kappa shape index (κ2) is 11.0. The third-order valence-electron chi connectivity index (χ3n) is 5.15. The SMILES string of the molecule is C=CCN1C(=O)/C(=C\c2ccc(OCC(=O)Nc3ccc(OC)cc3)cc2)C(C(=O)OC)=C1C. The fourth-order valence-electron chi connectivity index (χ4n) is 3.42. The first-order chi connectivity index (χ1) is 16.4. The maximum atomic E-state index is 12.9. The number of esters is 1. The Bertz CT molecular complexity index is 1150. The first-order valence-electron chi connectivity index (χ1n) is 10.5. The molecule has 0 fully saturated rings. The van der Waals surface area contributed by atoms with E-state index in [4.69, 9.17) is 14.2 Å². The standard InChI is InChI=1S/C26H26N2O6/c1-5-14-28-17(2)24(26(31)33-4)22(25(28)30)15-18-6-10-21(11-7-18)34-16-23(29)27-19-8-12-20(32-3)13-9-19/h5-13,15H,1,14,16H2,2-4H3,(H,27,29)/b22-15-. The molecule has 0 atom stereocenters. The van der Waals surface area contributed by atoms with Gasteiger partial charge in [0, 0.05) is 17.9 Å². The van der Waals surface area contributed by atoms with Crippen LogP contribution in [-0.2, 0) is 19.1 Å². The van der Waals surface area contributed by atoms with E-state index in [1.165, 1.54) is 12.0 Å². The molecule has 8 nitrogen and oxygen atoms in total. The lowest BCUT2D eigenvalue weighted by atomic mass is 10.0. The predicted octanol–water partition coefficient (Wildman–Crippen LogP) is 3.57. The van der Waals surface area contributed by atoms with Crippen molar-refractivity contribution >= 4 is 29.5 Å². The molecule has 34 heavy (non-hydrogen) atoms. The molecule has 8 heteroatoms. The van der Waals surface area contributed by atoms with Gasteiger partial charge in [0.2, 0.25) is 0 Å². The minimum absolute atomic E-state index is 0.171. The monoisotopic (exact) mass is 462 g/mol. The summed E-state index contributed by atoms with van der Waals surface area (Å²) in [6.07, 6.45) is 3.22. The molecule has 0 saturated carbocycles. The van der Waals surface area contributed by atoms with Gasteiger partial charge in [0.25, 0.3) is 11.8 Å². The Balaban J connectivity index is 1.67. The smallest absolute Gasteiger partial charge is 0.340 e. The van der Waals surface area contributed by atoms with E-state index < -0.39 is 5.97 Å². The Morgan fingerprint density at radius 2 is 1.68 bits per heavy atom. The number of allylic oxidation sites excluding steroid dienone is 1. The summed E-state index contributed by atoms with van der Waals surface area (Å²) in [7, 11) is 2.85. The summed E-state index contributed by atoms with van der Waals surface area (Å²) < 4.78 is 15.5. The van der Waals surface area contributed by atoms with E-state index in [1.54, 1.807) is 74.7 Å². The third kappa shape index (κ3) is 5.53. The Kier molecular flexibility index (Phi) is 7.87. The molecule has 0 radical (unpaired) electrons. The normalized spacial score (nSPS) is 14.3. The van der Waals surface area contributed by atoms with E-state index >= 15 is 0 Å². The Morgan fingerprint density at radius 1 is 1.03 bits per heavy atom. The quantitative estimate of drug-likeness (QED) is 0.348. The molecule has 0 aliphatic carbocycles.